The first-order valence-corrected chi connectivity index (χ1v) is 5.18. The van der Waals surface area contributed by atoms with E-state index in [2.05, 4.69) is 12.2 Å². The summed E-state index contributed by atoms with van der Waals surface area (Å²) < 4.78 is 5.14. The van der Waals surface area contributed by atoms with Crippen molar-refractivity contribution in [2.24, 2.45) is 5.92 Å². The Morgan fingerprint density at radius 1 is 1.00 bits per heavy atom. The Morgan fingerprint density at radius 2 is 1.67 bits per heavy atom. The zero-order chi connectivity index (χ0) is 8.39. The lowest BCUT2D eigenvalue weighted by atomic mass is 9.87. The summed E-state index contributed by atoms with van der Waals surface area (Å²) >= 11 is 0. The number of hydrogen-bond donors (Lipinski definition) is 1. The van der Waals surface area contributed by atoms with Crippen molar-refractivity contribution in [3.63, 3.8) is 0 Å². The normalized spacial score (nSPS) is 37.8. The van der Waals surface area contributed by atoms with Crippen molar-refractivity contribution in [1.29, 1.82) is 0 Å². The molecule has 1 aliphatic heterocycles. The lowest BCUT2D eigenvalue weighted by molar-refractivity contribution is -0.0125. The summed E-state index contributed by atoms with van der Waals surface area (Å²) in [7, 11) is 0. The highest BCUT2D eigenvalue weighted by molar-refractivity contribution is 4.81. The van der Waals surface area contributed by atoms with Gasteiger partial charge < -0.3 is 10.1 Å². The van der Waals surface area contributed by atoms with Gasteiger partial charge in [0.1, 0.15) is 0 Å². The maximum absolute atomic E-state index is 5.14. The monoisotopic (exact) mass is 169 g/mol. The van der Waals surface area contributed by atoms with Crippen molar-refractivity contribution >= 4 is 0 Å². The highest BCUT2D eigenvalue weighted by atomic mass is 16.5. The second kappa shape index (κ2) is 3.75. The van der Waals surface area contributed by atoms with Crippen LogP contribution in [0.5, 0.6) is 0 Å². The zero-order valence-electron chi connectivity index (χ0n) is 7.88. The van der Waals surface area contributed by atoms with Crippen LogP contribution >= 0.6 is 0 Å². The summed E-state index contributed by atoms with van der Waals surface area (Å²) in [6, 6.07) is 1.46. The van der Waals surface area contributed by atoms with Crippen LogP contribution in [0.15, 0.2) is 0 Å². The van der Waals surface area contributed by atoms with Gasteiger partial charge in [0.25, 0.3) is 0 Å². The fraction of sp³-hybridized carbons (Fsp3) is 1.00. The average Bonchev–Trinajstić information content (AvgIpc) is 2.00. The van der Waals surface area contributed by atoms with Crippen LogP contribution in [-0.4, -0.2) is 25.3 Å². The third-order valence-electron chi connectivity index (χ3n) is 3.13. The highest BCUT2D eigenvalue weighted by Crippen LogP contribution is 2.24. The van der Waals surface area contributed by atoms with Crippen LogP contribution in [0.4, 0.5) is 0 Å². The van der Waals surface area contributed by atoms with Gasteiger partial charge in [0.05, 0.1) is 19.3 Å². The first kappa shape index (κ1) is 8.52. The third kappa shape index (κ3) is 1.99. The Kier molecular flexibility index (Phi) is 2.66. The summed E-state index contributed by atoms with van der Waals surface area (Å²) in [5, 5.41) is 3.65. The summed E-state index contributed by atoms with van der Waals surface area (Å²) in [6.45, 7) is 4.24. The molecule has 0 aromatic heterocycles. The van der Waals surface area contributed by atoms with Gasteiger partial charge in [-0.2, -0.15) is 0 Å². The van der Waals surface area contributed by atoms with Gasteiger partial charge in [-0.3, -0.25) is 0 Å². The molecule has 2 nitrogen and oxygen atoms in total. The zero-order valence-corrected chi connectivity index (χ0v) is 7.88. The molecule has 0 bridgehead atoms. The topological polar surface area (TPSA) is 21.3 Å². The molecule has 12 heavy (non-hydrogen) atoms. The predicted molar refractivity (Wildman–Crippen MR) is 49.2 cm³/mol. The van der Waals surface area contributed by atoms with Crippen molar-refractivity contribution < 1.29 is 4.74 Å². The fourth-order valence-corrected chi connectivity index (χ4v) is 2.09. The van der Waals surface area contributed by atoms with Crippen molar-refractivity contribution in [3.05, 3.63) is 0 Å². The van der Waals surface area contributed by atoms with Crippen LogP contribution in [0.1, 0.15) is 32.6 Å². The smallest absolute Gasteiger partial charge is 0.0643 e. The maximum Gasteiger partial charge on any atom is 0.0643 e. The lowest BCUT2D eigenvalue weighted by Crippen LogP contribution is -2.51. The first-order chi connectivity index (χ1) is 5.84. The molecule has 1 aliphatic carbocycles. The van der Waals surface area contributed by atoms with E-state index in [-0.39, 0.29) is 0 Å². The number of rotatable bonds is 2. The minimum Gasteiger partial charge on any atom is -0.378 e. The summed E-state index contributed by atoms with van der Waals surface area (Å²) in [6.07, 6.45) is 5.56. The average molecular weight is 169 g/mol. The SMILES string of the molecule is CC1CCC(NC2COC2)CC1. The molecule has 0 aromatic carbocycles. The van der Waals surface area contributed by atoms with Gasteiger partial charge >= 0.3 is 0 Å². The number of nitrogens with one attached hydrogen (secondary N) is 1. The van der Waals surface area contributed by atoms with Crippen molar-refractivity contribution in [1.82, 2.24) is 5.32 Å². The van der Waals surface area contributed by atoms with Crippen molar-refractivity contribution in [2.75, 3.05) is 13.2 Å². The van der Waals surface area contributed by atoms with Crippen molar-refractivity contribution in [3.8, 4) is 0 Å². The van der Waals surface area contributed by atoms with E-state index in [1.807, 2.05) is 0 Å². The molecule has 0 unspecified atom stereocenters. The molecule has 0 radical (unpaired) electrons. The van der Waals surface area contributed by atoms with E-state index >= 15 is 0 Å². The summed E-state index contributed by atoms with van der Waals surface area (Å²) in [5.41, 5.74) is 0. The Hall–Kier alpha value is -0.0800. The Morgan fingerprint density at radius 3 is 2.17 bits per heavy atom. The maximum atomic E-state index is 5.14. The highest BCUT2D eigenvalue weighted by Gasteiger charge is 2.24. The molecule has 2 fully saturated rings. The van der Waals surface area contributed by atoms with E-state index in [0.717, 1.165) is 25.2 Å². The standard InChI is InChI=1S/C10H19NO/c1-8-2-4-9(5-3-8)11-10-6-12-7-10/h8-11H,2-7H2,1H3. The summed E-state index contributed by atoms with van der Waals surface area (Å²) in [5.74, 6) is 0.959. The van der Waals surface area contributed by atoms with Crippen LogP contribution in [0.2, 0.25) is 0 Å². The minimum absolute atomic E-state index is 0.670. The minimum atomic E-state index is 0.670. The molecule has 0 amide bonds. The molecule has 1 heterocycles. The molecule has 2 aliphatic rings. The molecule has 2 rings (SSSR count). The predicted octanol–water partition coefficient (Wildman–Crippen LogP) is 1.55. The Bertz CT molecular complexity index is 137. The molecule has 2 heteroatoms. The van der Waals surface area contributed by atoms with E-state index < -0.39 is 0 Å². The fourth-order valence-electron chi connectivity index (χ4n) is 2.09. The second-order valence-electron chi connectivity index (χ2n) is 4.36. The van der Waals surface area contributed by atoms with Crippen molar-refractivity contribution in [2.45, 2.75) is 44.7 Å². The molecule has 0 aromatic rings. The molecule has 1 saturated heterocycles. The largest absolute Gasteiger partial charge is 0.378 e. The Balaban J connectivity index is 1.67. The van der Waals surface area contributed by atoms with Crippen LogP contribution < -0.4 is 5.32 Å². The van der Waals surface area contributed by atoms with Gasteiger partial charge in [-0.05, 0) is 31.6 Å². The van der Waals surface area contributed by atoms with E-state index in [1.165, 1.54) is 25.7 Å². The van der Waals surface area contributed by atoms with E-state index in [1.54, 1.807) is 0 Å². The molecule has 70 valence electrons. The van der Waals surface area contributed by atoms with Crippen LogP contribution in [0.25, 0.3) is 0 Å². The second-order valence-corrected chi connectivity index (χ2v) is 4.36. The van der Waals surface area contributed by atoms with Gasteiger partial charge in [-0.25, -0.2) is 0 Å². The summed E-state index contributed by atoms with van der Waals surface area (Å²) in [4.78, 5) is 0. The number of hydrogen-bond acceptors (Lipinski definition) is 2. The molecule has 0 spiro atoms. The van der Waals surface area contributed by atoms with Gasteiger partial charge in [0.2, 0.25) is 0 Å². The third-order valence-corrected chi connectivity index (χ3v) is 3.13. The molecule has 1 saturated carbocycles. The molecular formula is C10H19NO. The Labute approximate surface area is 74.7 Å². The van der Waals surface area contributed by atoms with Gasteiger partial charge in [-0.1, -0.05) is 6.92 Å². The quantitative estimate of drug-likeness (QED) is 0.677. The van der Waals surface area contributed by atoms with E-state index in [4.69, 9.17) is 4.74 Å². The molecular weight excluding hydrogens is 150 g/mol. The number of ether oxygens (including phenoxy) is 1. The molecule has 1 N–H and O–H groups in total. The van der Waals surface area contributed by atoms with Gasteiger partial charge in [0.15, 0.2) is 0 Å². The van der Waals surface area contributed by atoms with Crippen LogP contribution in [0, 0.1) is 5.92 Å². The van der Waals surface area contributed by atoms with Crippen LogP contribution in [-0.2, 0) is 4.74 Å². The van der Waals surface area contributed by atoms with E-state index in [9.17, 15) is 0 Å². The molecule has 0 atom stereocenters. The lowest BCUT2D eigenvalue weighted by Gasteiger charge is -2.34. The van der Waals surface area contributed by atoms with Gasteiger partial charge in [0, 0.05) is 6.04 Å². The van der Waals surface area contributed by atoms with Crippen LogP contribution in [0.3, 0.4) is 0 Å². The van der Waals surface area contributed by atoms with E-state index in [0.29, 0.717) is 6.04 Å². The van der Waals surface area contributed by atoms with Gasteiger partial charge in [-0.15, -0.1) is 0 Å². The first-order valence-electron chi connectivity index (χ1n) is 5.18.